The summed E-state index contributed by atoms with van der Waals surface area (Å²) in [6.45, 7) is 6.56. The van der Waals surface area contributed by atoms with E-state index in [-0.39, 0.29) is 17.9 Å². The third-order valence-corrected chi connectivity index (χ3v) is 6.06. The minimum Gasteiger partial charge on any atom is -0.336 e. The average Bonchev–Trinajstić information content (AvgIpc) is 3.12. The number of hydrogen-bond donors (Lipinski definition) is 1. The van der Waals surface area contributed by atoms with Gasteiger partial charge in [0.2, 0.25) is 0 Å². The molecule has 1 amide bonds. The van der Waals surface area contributed by atoms with Crippen molar-refractivity contribution in [2.75, 3.05) is 46.3 Å². The highest BCUT2D eigenvalue weighted by atomic mass is 16.2. The van der Waals surface area contributed by atoms with Crippen molar-refractivity contribution in [1.82, 2.24) is 14.7 Å². The molecule has 148 valence electrons. The van der Waals surface area contributed by atoms with Gasteiger partial charge in [0.05, 0.1) is 0 Å². The van der Waals surface area contributed by atoms with Crippen molar-refractivity contribution in [2.24, 2.45) is 5.73 Å². The van der Waals surface area contributed by atoms with E-state index < -0.39 is 0 Å². The molecule has 0 unspecified atom stereocenters. The molecule has 0 aromatic heterocycles. The van der Waals surface area contributed by atoms with Crippen molar-refractivity contribution < 1.29 is 4.79 Å². The Morgan fingerprint density at radius 2 is 1.75 bits per heavy atom. The van der Waals surface area contributed by atoms with E-state index >= 15 is 0 Å². The zero-order valence-corrected chi connectivity index (χ0v) is 16.6. The van der Waals surface area contributed by atoms with E-state index in [2.05, 4.69) is 41.1 Å². The minimum atomic E-state index is -0.0140. The highest BCUT2D eigenvalue weighted by molar-refractivity contribution is 5.94. The van der Waals surface area contributed by atoms with Crippen molar-refractivity contribution in [3.05, 3.63) is 71.3 Å². The third kappa shape index (κ3) is 4.27. The number of likely N-dealkylation sites (tertiary alicyclic amines) is 1. The van der Waals surface area contributed by atoms with E-state index in [1.165, 1.54) is 11.1 Å². The third-order valence-electron chi connectivity index (χ3n) is 6.06. The first-order chi connectivity index (χ1) is 13.6. The number of piperazine rings is 1. The Kier molecular flexibility index (Phi) is 5.76. The van der Waals surface area contributed by atoms with Crippen LogP contribution < -0.4 is 5.73 Å². The molecule has 4 rings (SSSR count). The molecule has 28 heavy (non-hydrogen) atoms. The second kappa shape index (κ2) is 8.43. The van der Waals surface area contributed by atoms with Crippen molar-refractivity contribution in [1.29, 1.82) is 0 Å². The smallest absolute Gasteiger partial charge is 0.253 e. The number of nitrogens with two attached hydrogens (primary N) is 1. The minimum absolute atomic E-state index is 0.0140. The maximum absolute atomic E-state index is 13.1. The lowest BCUT2D eigenvalue weighted by atomic mass is 9.95. The number of hydrogen-bond acceptors (Lipinski definition) is 4. The zero-order chi connectivity index (χ0) is 19.5. The fraction of sp³-hybridized carbons (Fsp3) is 0.435. The predicted molar refractivity (Wildman–Crippen MR) is 112 cm³/mol. The summed E-state index contributed by atoms with van der Waals surface area (Å²) in [7, 11) is 2.17. The van der Waals surface area contributed by atoms with E-state index in [1.54, 1.807) is 0 Å². The summed E-state index contributed by atoms with van der Waals surface area (Å²) in [6, 6.07) is 18.4. The number of nitrogens with zero attached hydrogens (tertiary/aromatic N) is 3. The van der Waals surface area contributed by atoms with E-state index in [0.717, 1.165) is 38.3 Å². The Morgan fingerprint density at radius 3 is 2.50 bits per heavy atom. The van der Waals surface area contributed by atoms with Gasteiger partial charge in [-0.15, -0.1) is 0 Å². The number of carbonyl (C=O) groups excluding carboxylic acids is 1. The molecule has 2 saturated heterocycles. The van der Waals surface area contributed by atoms with Crippen LogP contribution >= 0.6 is 0 Å². The van der Waals surface area contributed by atoms with Crippen LogP contribution in [0.3, 0.4) is 0 Å². The number of likely N-dealkylation sites (N-methyl/N-ethyl adjacent to an activating group) is 1. The van der Waals surface area contributed by atoms with Gasteiger partial charge >= 0.3 is 0 Å². The lowest BCUT2D eigenvalue weighted by Crippen LogP contribution is -2.43. The summed E-state index contributed by atoms with van der Waals surface area (Å²) < 4.78 is 0. The molecule has 0 spiro atoms. The Balaban J connectivity index is 1.42. The van der Waals surface area contributed by atoms with Crippen molar-refractivity contribution >= 4 is 5.91 Å². The summed E-state index contributed by atoms with van der Waals surface area (Å²) in [5.74, 6) is 0.299. The van der Waals surface area contributed by atoms with Crippen LogP contribution in [0.2, 0.25) is 0 Å². The normalized spacial score (nSPS) is 23.9. The second-order valence-electron chi connectivity index (χ2n) is 8.17. The second-order valence-corrected chi connectivity index (χ2v) is 8.17. The fourth-order valence-electron chi connectivity index (χ4n) is 4.30. The molecule has 2 aromatic carbocycles. The molecule has 2 fully saturated rings. The lowest BCUT2D eigenvalue weighted by molar-refractivity contribution is 0.0789. The molecule has 0 aliphatic carbocycles. The Morgan fingerprint density at radius 1 is 1.00 bits per heavy atom. The summed E-state index contributed by atoms with van der Waals surface area (Å²) in [4.78, 5) is 19.8. The van der Waals surface area contributed by atoms with Crippen molar-refractivity contribution in [3.8, 4) is 0 Å². The van der Waals surface area contributed by atoms with Crippen LogP contribution in [-0.2, 0) is 6.54 Å². The Hall–Kier alpha value is -2.21. The number of rotatable bonds is 4. The lowest BCUT2D eigenvalue weighted by Gasteiger charge is -2.32. The Bertz CT molecular complexity index is 801. The number of carbonyl (C=O) groups is 1. The van der Waals surface area contributed by atoms with E-state index in [4.69, 9.17) is 5.73 Å². The quantitative estimate of drug-likeness (QED) is 0.884. The maximum Gasteiger partial charge on any atom is 0.253 e. The summed E-state index contributed by atoms with van der Waals surface area (Å²) in [5.41, 5.74) is 9.57. The molecule has 2 N–H and O–H groups in total. The SMILES string of the molecule is CN1CCN(Cc2cccc(C(=O)N3C[C@@H](N)[C@H](c4ccccc4)C3)c2)CC1. The van der Waals surface area contributed by atoms with E-state index in [9.17, 15) is 4.79 Å². The molecular formula is C23H30N4O. The van der Waals surface area contributed by atoms with Gasteiger partial charge < -0.3 is 15.5 Å². The van der Waals surface area contributed by atoms with Crippen molar-refractivity contribution in [3.63, 3.8) is 0 Å². The molecule has 2 aliphatic rings. The fourth-order valence-corrected chi connectivity index (χ4v) is 4.30. The van der Waals surface area contributed by atoms with Crippen LogP contribution in [0.4, 0.5) is 0 Å². The van der Waals surface area contributed by atoms with Gasteiger partial charge in [0, 0.05) is 63.3 Å². The molecule has 2 aromatic rings. The summed E-state index contributed by atoms with van der Waals surface area (Å²) >= 11 is 0. The van der Waals surface area contributed by atoms with Crippen LogP contribution in [-0.4, -0.2) is 73.0 Å². The highest BCUT2D eigenvalue weighted by Gasteiger charge is 2.34. The van der Waals surface area contributed by atoms with E-state index in [1.807, 2.05) is 35.2 Å². The first-order valence-electron chi connectivity index (χ1n) is 10.2. The molecule has 0 radical (unpaired) electrons. The zero-order valence-electron chi connectivity index (χ0n) is 16.6. The molecule has 0 bridgehead atoms. The molecule has 5 heteroatoms. The Labute approximate surface area is 167 Å². The van der Waals surface area contributed by atoms with Gasteiger partial charge in [0.15, 0.2) is 0 Å². The van der Waals surface area contributed by atoms with Crippen LogP contribution in [0.15, 0.2) is 54.6 Å². The van der Waals surface area contributed by atoms with Gasteiger partial charge in [-0.25, -0.2) is 0 Å². The summed E-state index contributed by atoms with van der Waals surface area (Å²) in [6.07, 6.45) is 0. The van der Waals surface area contributed by atoms with Gasteiger partial charge in [-0.2, -0.15) is 0 Å². The van der Waals surface area contributed by atoms with Crippen LogP contribution in [0.25, 0.3) is 0 Å². The van der Waals surface area contributed by atoms with Gasteiger partial charge in [0.25, 0.3) is 5.91 Å². The number of benzene rings is 2. The van der Waals surface area contributed by atoms with Crippen molar-refractivity contribution in [2.45, 2.75) is 18.5 Å². The molecule has 2 aliphatic heterocycles. The number of amides is 1. The average molecular weight is 379 g/mol. The molecule has 0 saturated carbocycles. The summed E-state index contributed by atoms with van der Waals surface area (Å²) in [5, 5.41) is 0. The molecular weight excluding hydrogens is 348 g/mol. The topological polar surface area (TPSA) is 52.8 Å². The van der Waals surface area contributed by atoms with Crippen LogP contribution in [0.5, 0.6) is 0 Å². The predicted octanol–water partition coefficient (Wildman–Crippen LogP) is 2.00. The highest BCUT2D eigenvalue weighted by Crippen LogP contribution is 2.27. The van der Waals surface area contributed by atoms with Gasteiger partial charge in [0.1, 0.15) is 0 Å². The standard InChI is InChI=1S/C23H30N4O/c1-25-10-12-26(13-11-25)15-18-6-5-9-20(14-18)23(28)27-16-21(22(24)17-27)19-7-3-2-4-8-19/h2-9,14,21-22H,10-13,15-17,24H2,1H3/t21-,22+/m0/s1. The maximum atomic E-state index is 13.1. The van der Waals surface area contributed by atoms with Crippen LogP contribution in [0, 0.1) is 0 Å². The molecule has 5 nitrogen and oxygen atoms in total. The molecule has 2 atom stereocenters. The first-order valence-corrected chi connectivity index (χ1v) is 10.2. The van der Waals surface area contributed by atoms with Crippen LogP contribution in [0.1, 0.15) is 27.4 Å². The van der Waals surface area contributed by atoms with Gasteiger partial charge in [-0.05, 0) is 30.3 Å². The first kappa shape index (κ1) is 19.1. The monoisotopic (exact) mass is 378 g/mol. The largest absolute Gasteiger partial charge is 0.336 e. The van der Waals surface area contributed by atoms with E-state index in [0.29, 0.717) is 13.1 Å². The molecule has 2 heterocycles. The van der Waals surface area contributed by atoms with Gasteiger partial charge in [-0.1, -0.05) is 42.5 Å². The van der Waals surface area contributed by atoms with Gasteiger partial charge in [-0.3, -0.25) is 9.69 Å².